The third-order valence-electron chi connectivity index (χ3n) is 3.71. The van der Waals surface area contributed by atoms with Crippen LogP contribution in [-0.4, -0.2) is 17.9 Å². The van der Waals surface area contributed by atoms with Crippen LogP contribution < -0.4 is 10.2 Å². The van der Waals surface area contributed by atoms with Gasteiger partial charge in [-0.05, 0) is 42.8 Å². The van der Waals surface area contributed by atoms with Crippen LogP contribution >= 0.6 is 15.9 Å². The van der Waals surface area contributed by atoms with Gasteiger partial charge in [-0.2, -0.15) is 0 Å². The van der Waals surface area contributed by atoms with Crippen LogP contribution in [0.2, 0.25) is 0 Å². The molecular formula is C17H15BrN2O2. The lowest BCUT2D eigenvalue weighted by Crippen LogP contribution is -2.34. The van der Waals surface area contributed by atoms with Gasteiger partial charge in [-0.25, -0.2) is 4.90 Å². The zero-order valence-electron chi connectivity index (χ0n) is 12.0. The first-order valence-electron chi connectivity index (χ1n) is 7.01. The summed E-state index contributed by atoms with van der Waals surface area (Å²) >= 11 is 3.35. The first kappa shape index (κ1) is 14.8. The summed E-state index contributed by atoms with van der Waals surface area (Å²) in [5, 5.41) is 3.18. The van der Waals surface area contributed by atoms with Crippen LogP contribution in [-0.2, 0) is 9.59 Å². The van der Waals surface area contributed by atoms with Gasteiger partial charge in [-0.1, -0.05) is 34.1 Å². The number of hydrogen-bond acceptors (Lipinski definition) is 3. The van der Waals surface area contributed by atoms with Gasteiger partial charge in [0.25, 0.3) is 5.91 Å². The topological polar surface area (TPSA) is 49.4 Å². The number of imide groups is 1. The molecule has 0 aromatic heterocycles. The number of carbonyl (C=O) groups is 2. The molecule has 3 rings (SSSR count). The van der Waals surface area contributed by atoms with Crippen molar-refractivity contribution in [1.82, 2.24) is 0 Å². The van der Waals surface area contributed by atoms with E-state index in [4.69, 9.17) is 0 Å². The fourth-order valence-electron chi connectivity index (χ4n) is 2.53. The van der Waals surface area contributed by atoms with Crippen molar-refractivity contribution < 1.29 is 9.59 Å². The molecule has 1 atom stereocenters. The lowest BCUT2D eigenvalue weighted by Gasteiger charge is -2.17. The highest BCUT2D eigenvalue weighted by Gasteiger charge is 2.39. The number of anilines is 2. The van der Waals surface area contributed by atoms with Gasteiger partial charge in [-0.15, -0.1) is 0 Å². The van der Waals surface area contributed by atoms with Crippen LogP contribution in [0.4, 0.5) is 11.4 Å². The molecule has 1 aliphatic heterocycles. The van der Waals surface area contributed by atoms with Crippen molar-refractivity contribution in [2.75, 3.05) is 10.2 Å². The third-order valence-corrected chi connectivity index (χ3v) is 4.23. The number of hydrogen-bond donors (Lipinski definition) is 1. The molecule has 1 aliphatic rings. The molecule has 0 unspecified atom stereocenters. The number of nitrogens with zero attached hydrogens (tertiary/aromatic N) is 1. The van der Waals surface area contributed by atoms with Crippen LogP contribution in [0.25, 0.3) is 0 Å². The Kier molecular flexibility index (Phi) is 3.98. The molecule has 1 saturated heterocycles. The summed E-state index contributed by atoms with van der Waals surface area (Å²) in [6, 6.07) is 14.4. The molecule has 0 aliphatic carbocycles. The Morgan fingerprint density at radius 1 is 1.09 bits per heavy atom. The van der Waals surface area contributed by atoms with Gasteiger partial charge in [0, 0.05) is 10.2 Å². The summed E-state index contributed by atoms with van der Waals surface area (Å²) in [6.45, 7) is 1.97. The maximum Gasteiger partial charge on any atom is 0.256 e. The van der Waals surface area contributed by atoms with E-state index < -0.39 is 6.04 Å². The number of halogens is 1. The largest absolute Gasteiger partial charge is 0.373 e. The SMILES string of the molecule is Cc1ccccc1N[C@@H]1CC(=O)N(c2ccc(Br)cc2)C1=O. The number of nitrogens with one attached hydrogen (secondary N) is 1. The zero-order chi connectivity index (χ0) is 15.7. The van der Waals surface area contributed by atoms with Crippen molar-refractivity contribution in [3.63, 3.8) is 0 Å². The zero-order valence-corrected chi connectivity index (χ0v) is 13.6. The van der Waals surface area contributed by atoms with E-state index in [0.29, 0.717) is 5.69 Å². The normalized spacial score (nSPS) is 17.9. The average Bonchev–Trinajstić information content (AvgIpc) is 2.77. The Labute approximate surface area is 137 Å². The van der Waals surface area contributed by atoms with E-state index in [2.05, 4.69) is 21.2 Å². The van der Waals surface area contributed by atoms with E-state index in [1.165, 1.54) is 4.90 Å². The first-order valence-corrected chi connectivity index (χ1v) is 7.80. The maximum atomic E-state index is 12.5. The summed E-state index contributed by atoms with van der Waals surface area (Å²) in [5.74, 6) is -0.394. The summed E-state index contributed by atoms with van der Waals surface area (Å²) in [5.41, 5.74) is 2.53. The summed E-state index contributed by atoms with van der Waals surface area (Å²) in [6.07, 6.45) is 0.170. The van der Waals surface area contributed by atoms with Gasteiger partial charge in [0.15, 0.2) is 0 Å². The summed E-state index contributed by atoms with van der Waals surface area (Å²) in [4.78, 5) is 26.0. The van der Waals surface area contributed by atoms with Gasteiger partial charge in [0.05, 0.1) is 12.1 Å². The van der Waals surface area contributed by atoms with E-state index in [0.717, 1.165) is 15.7 Å². The lowest BCUT2D eigenvalue weighted by atomic mass is 10.1. The highest BCUT2D eigenvalue weighted by atomic mass is 79.9. The maximum absolute atomic E-state index is 12.5. The molecule has 0 spiro atoms. The summed E-state index contributed by atoms with van der Waals surface area (Å²) < 4.78 is 0.907. The van der Waals surface area contributed by atoms with E-state index in [1.807, 2.05) is 43.3 Å². The van der Waals surface area contributed by atoms with Crippen LogP contribution in [0.15, 0.2) is 53.0 Å². The van der Waals surface area contributed by atoms with E-state index in [9.17, 15) is 9.59 Å². The molecule has 1 N–H and O–H groups in total. The highest BCUT2D eigenvalue weighted by Crippen LogP contribution is 2.27. The Bertz CT molecular complexity index is 728. The highest BCUT2D eigenvalue weighted by molar-refractivity contribution is 9.10. The molecule has 2 aromatic carbocycles. The predicted molar refractivity (Wildman–Crippen MR) is 89.8 cm³/mol. The molecule has 112 valence electrons. The first-order chi connectivity index (χ1) is 10.6. The number of aryl methyl sites for hydroxylation is 1. The standard InChI is InChI=1S/C17H15BrN2O2/c1-11-4-2-3-5-14(11)19-15-10-16(21)20(17(15)22)13-8-6-12(18)7-9-13/h2-9,15,19H,10H2,1H3/t15-/m1/s1. The number of amides is 2. The van der Waals surface area contributed by atoms with Crippen LogP contribution in [0.5, 0.6) is 0 Å². The molecule has 4 nitrogen and oxygen atoms in total. The Morgan fingerprint density at radius 2 is 1.77 bits per heavy atom. The van der Waals surface area contributed by atoms with Crippen LogP contribution in [0.3, 0.4) is 0 Å². The van der Waals surface area contributed by atoms with Crippen molar-refractivity contribution in [2.24, 2.45) is 0 Å². The fraction of sp³-hybridized carbons (Fsp3) is 0.176. The van der Waals surface area contributed by atoms with Gasteiger partial charge in [0.2, 0.25) is 5.91 Å². The van der Waals surface area contributed by atoms with Crippen molar-refractivity contribution in [1.29, 1.82) is 0 Å². The minimum atomic E-state index is -0.516. The number of benzene rings is 2. The predicted octanol–water partition coefficient (Wildman–Crippen LogP) is 3.50. The molecular weight excluding hydrogens is 344 g/mol. The lowest BCUT2D eigenvalue weighted by molar-refractivity contribution is -0.121. The Balaban J connectivity index is 1.82. The molecule has 1 heterocycles. The monoisotopic (exact) mass is 358 g/mol. The van der Waals surface area contributed by atoms with Crippen molar-refractivity contribution in [3.05, 3.63) is 58.6 Å². The number of carbonyl (C=O) groups excluding carboxylic acids is 2. The molecule has 5 heteroatoms. The molecule has 0 bridgehead atoms. The van der Waals surface area contributed by atoms with E-state index in [1.54, 1.807) is 12.1 Å². The third kappa shape index (κ3) is 2.76. The van der Waals surface area contributed by atoms with Crippen molar-refractivity contribution in [3.8, 4) is 0 Å². The van der Waals surface area contributed by atoms with E-state index >= 15 is 0 Å². The molecule has 0 radical (unpaired) electrons. The van der Waals surface area contributed by atoms with Gasteiger partial charge < -0.3 is 5.32 Å². The van der Waals surface area contributed by atoms with Crippen LogP contribution in [0.1, 0.15) is 12.0 Å². The van der Waals surface area contributed by atoms with E-state index in [-0.39, 0.29) is 18.2 Å². The molecule has 2 aromatic rings. The summed E-state index contributed by atoms with van der Waals surface area (Å²) in [7, 11) is 0. The minimum Gasteiger partial charge on any atom is -0.373 e. The fourth-order valence-corrected chi connectivity index (χ4v) is 2.79. The molecule has 0 saturated carbocycles. The molecule has 22 heavy (non-hydrogen) atoms. The Morgan fingerprint density at radius 3 is 2.45 bits per heavy atom. The van der Waals surface area contributed by atoms with Gasteiger partial charge in [-0.3, -0.25) is 9.59 Å². The van der Waals surface area contributed by atoms with Gasteiger partial charge in [0.1, 0.15) is 6.04 Å². The molecule has 1 fully saturated rings. The second kappa shape index (κ2) is 5.93. The van der Waals surface area contributed by atoms with Crippen molar-refractivity contribution >= 4 is 39.1 Å². The second-order valence-electron chi connectivity index (χ2n) is 5.26. The smallest absolute Gasteiger partial charge is 0.256 e. The van der Waals surface area contributed by atoms with Crippen molar-refractivity contribution in [2.45, 2.75) is 19.4 Å². The van der Waals surface area contributed by atoms with Crippen LogP contribution in [0, 0.1) is 6.92 Å². The number of rotatable bonds is 3. The minimum absolute atomic E-state index is 0.170. The average molecular weight is 359 g/mol. The molecule has 2 amide bonds. The Hall–Kier alpha value is -2.14. The number of para-hydroxylation sites is 1. The van der Waals surface area contributed by atoms with Gasteiger partial charge >= 0.3 is 0 Å². The quantitative estimate of drug-likeness (QED) is 0.854. The second-order valence-corrected chi connectivity index (χ2v) is 6.18.